The van der Waals surface area contributed by atoms with Crippen molar-refractivity contribution < 1.29 is 14.1 Å². The highest BCUT2D eigenvalue weighted by molar-refractivity contribution is 9.10. The molecule has 7 heteroatoms. The third-order valence-electron chi connectivity index (χ3n) is 2.85. The van der Waals surface area contributed by atoms with Crippen LogP contribution in [0.4, 0.5) is 0 Å². The number of hydrogen-bond donors (Lipinski definition) is 1. The molecule has 1 atom stereocenters. The van der Waals surface area contributed by atoms with Crippen LogP contribution in [0.2, 0.25) is 0 Å². The van der Waals surface area contributed by atoms with Crippen LogP contribution in [-0.4, -0.2) is 30.6 Å². The maximum absolute atomic E-state index is 12.3. The zero-order valence-electron chi connectivity index (χ0n) is 10.7. The predicted octanol–water partition coefficient (Wildman–Crippen LogP) is 2.23. The van der Waals surface area contributed by atoms with Crippen LogP contribution in [0.5, 0.6) is 0 Å². The fourth-order valence-electron chi connectivity index (χ4n) is 1.79. The lowest BCUT2D eigenvalue weighted by Gasteiger charge is -2.07. The van der Waals surface area contributed by atoms with E-state index in [1.807, 2.05) is 17.8 Å². The Bertz CT molecular complexity index is 669. The summed E-state index contributed by atoms with van der Waals surface area (Å²) < 4.78 is 14.9. The smallest absolute Gasteiger partial charge is 0.336 e. The zero-order chi connectivity index (χ0) is 14.7. The Labute approximate surface area is 127 Å². The quantitative estimate of drug-likeness (QED) is 0.891. The number of nitrogens with zero attached hydrogens (tertiary/aromatic N) is 2. The van der Waals surface area contributed by atoms with Crippen LogP contribution < -0.4 is 0 Å². The molecule has 0 spiro atoms. The van der Waals surface area contributed by atoms with Crippen molar-refractivity contribution in [1.82, 2.24) is 9.55 Å². The molecular weight excluding hydrogens is 344 g/mol. The maximum Gasteiger partial charge on any atom is 0.336 e. The van der Waals surface area contributed by atoms with Crippen molar-refractivity contribution in [1.29, 1.82) is 0 Å². The number of aromatic carboxylic acids is 1. The van der Waals surface area contributed by atoms with Gasteiger partial charge >= 0.3 is 5.97 Å². The van der Waals surface area contributed by atoms with E-state index in [0.29, 0.717) is 21.5 Å². The van der Waals surface area contributed by atoms with Gasteiger partial charge in [-0.1, -0.05) is 15.9 Å². The van der Waals surface area contributed by atoms with Gasteiger partial charge in [-0.3, -0.25) is 4.21 Å². The van der Waals surface area contributed by atoms with E-state index in [4.69, 9.17) is 5.11 Å². The van der Waals surface area contributed by atoms with Crippen molar-refractivity contribution in [2.45, 2.75) is 11.3 Å². The molecule has 0 saturated carbocycles. The van der Waals surface area contributed by atoms with Gasteiger partial charge in [0.2, 0.25) is 0 Å². The predicted molar refractivity (Wildman–Crippen MR) is 79.3 cm³/mol. The average Bonchev–Trinajstić information content (AvgIpc) is 2.81. The third kappa shape index (κ3) is 3.34. The highest BCUT2D eigenvalue weighted by Crippen LogP contribution is 2.20. The molecule has 0 aliphatic carbocycles. The number of carboxylic acid groups (broad SMARTS) is 1. The van der Waals surface area contributed by atoms with Crippen molar-refractivity contribution in [3.05, 3.63) is 46.5 Å². The van der Waals surface area contributed by atoms with E-state index in [1.54, 1.807) is 18.3 Å². The number of imidazole rings is 1. The Hall–Kier alpha value is -1.47. The lowest BCUT2D eigenvalue weighted by molar-refractivity contribution is 0.0693. The van der Waals surface area contributed by atoms with Crippen molar-refractivity contribution in [2.24, 2.45) is 7.05 Å². The second kappa shape index (κ2) is 6.32. The highest BCUT2D eigenvalue weighted by atomic mass is 79.9. The number of aryl methyl sites for hydroxylation is 2. The van der Waals surface area contributed by atoms with Crippen LogP contribution >= 0.6 is 15.9 Å². The maximum atomic E-state index is 12.3. The summed E-state index contributed by atoms with van der Waals surface area (Å²) in [5.74, 6) is 0.0877. The van der Waals surface area contributed by atoms with Crippen LogP contribution in [-0.2, 0) is 24.3 Å². The summed E-state index contributed by atoms with van der Waals surface area (Å²) in [7, 11) is 0.485. The number of hydrogen-bond acceptors (Lipinski definition) is 3. The number of carboxylic acids is 1. The largest absolute Gasteiger partial charge is 0.478 e. The van der Waals surface area contributed by atoms with Crippen molar-refractivity contribution in [2.75, 3.05) is 5.75 Å². The lowest BCUT2D eigenvalue weighted by atomic mass is 10.2. The fraction of sp³-hybridized carbons (Fsp3) is 0.231. The molecule has 0 aliphatic rings. The summed E-state index contributed by atoms with van der Waals surface area (Å²) in [5, 5.41) is 9.14. The number of aromatic nitrogens is 2. The van der Waals surface area contributed by atoms with Gasteiger partial charge in [-0.25, -0.2) is 9.78 Å². The Morgan fingerprint density at radius 1 is 1.50 bits per heavy atom. The molecule has 5 nitrogen and oxygen atoms in total. The molecule has 106 valence electrons. The van der Waals surface area contributed by atoms with Gasteiger partial charge in [0.25, 0.3) is 0 Å². The second-order valence-corrected chi connectivity index (χ2v) is 6.65. The lowest BCUT2D eigenvalue weighted by Crippen LogP contribution is -2.10. The molecule has 1 unspecified atom stereocenters. The Balaban J connectivity index is 2.19. The minimum Gasteiger partial charge on any atom is -0.478 e. The van der Waals surface area contributed by atoms with Crippen LogP contribution in [0.1, 0.15) is 16.2 Å². The van der Waals surface area contributed by atoms with Gasteiger partial charge in [-0.2, -0.15) is 0 Å². The zero-order valence-corrected chi connectivity index (χ0v) is 13.1. The molecule has 1 heterocycles. The first-order chi connectivity index (χ1) is 9.49. The molecule has 0 bridgehead atoms. The normalized spacial score (nSPS) is 12.3. The molecule has 0 radical (unpaired) electrons. The molecule has 0 saturated heterocycles. The number of rotatable bonds is 5. The van der Waals surface area contributed by atoms with E-state index in [9.17, 15) is 9.00 Å². The topological polar surface area (TPSA) is 72.2 Å². The fourth-order valence-corrected chi connectivity index (χ4v) is 3.55. The average molecular weight is 357 g/mol. The van der Waals surface area contributed by atoms with Crippen LogP contribution in [0.25, 0.3) is 0 Å². The summed E-state index contributed by atoms with van der Waals surface area (Å²) >= 11 is 3.27. The van der Waals surface area contributed by atoms with E-state index in [-0.39, 0.29) is 5.56 Å². The minimum absolute atomic E-state index is 0.0753. The van der Waals surface area contributed by atoms with Gasteiger partial charge in [0.15, 0.2) is 0 Å². The van der Waals surface area contributed by atoms with Gasteiger partial charge in [-0.15, -0.1) is 0 Å². The molecule has 1 aromatic heterocycles. The molecule has 0 amide bonds. The molecule has 0 aliphatic heterocycles. The molecule has 0 fully saturated rings. The van der Waals surface area contributed by atoms with Gasteiger partial charge in [0, 0.05) is 36.1 Å². The van der Waals surface area contributed by atoms with E-state index < -0.39 is 16.8 Å². The Morgan fingerprint density at radius 2 is 2.25 bits per heavy atom. The monoisotopic (exact) mass is 356 g/mol. The SMILES string of the molecule is Cn1ccnc1CCS(=O)c1cc(Br)ccc1C(=O)O. The number of carbonyl (C=O) groups is 1. The molecular formula is C13H13BrN2O3S. The van der Waals surface area contributed by atoms with Crippen molar-refractivity contribution in [3.63, 3.8) is 0 Å². The minimum atomic E-state index is -1.38. The van der Waals surface area contributed by atoms with Crippen LogP contribution in [0.15, 0.2) is 40.0 Å². The van der Waals surface area contributed by atoms with Gasteiger partial charge in [-0.05, 0) is 18.2 Å². The van der Waals surface area contributed by atoms with Crippen molar-refractivity contribution in [3.8, 4) is 0 Å². The second-order valence-electron chi connectivity index (χ2n) is 4.20. The van der Waals surface area contributed by atoms with Gasteiger partial charge in [0.05, 0.1) is 21.3 Å². The summed E-state index contributed by atoms with van der Waals surface area (Å²) in [6, 6.07) is 4.68. The summed E-state index contributed by atoms with van der Waals surface area (Å²) in [6.07, 6.45) is 4.03. The van der Waals surface area contributed by atoms with Crippen LogP contribution in [0.3, 0.4) is 0 Å². The number of benzene rings is 1. The Morgan fingerprint density at radius 3 is 2.85 bits per heavy atom. The van der Waals surface area contributed by atoms with Crippen LogP contribution in [0, 0.1) is 0 Å². The van der Waals surface area contributed by atoms with Crippen molar-refractivity contribution >= 4 is 32.7 Å². The first kappa shape index (κ1) is 14.9. The van der Waals surface area contributed by atoms with E-state index >= 15 is 0 Å². The Kier molecular flexibility index (Phi) is 4.72. The molecule has 1 N–H and O–H groups in total. The van der Waals surface area contributed by atoms with Gasteiger partial charge in [0.1, 0.15) is 5.82 Å². The standard InChI is InChI=1S/C13H13BrN2O3S/c1-16-6-5-15-12(16)4-7-20(19)11-8-9(14)2-3-10(11)13(17)18/h2-3,5-6,8H,4,7H2,1H3,(H,17,18). The number of halogens is 1. The highest BCUT2D eigenvalue weighted by Gasteiger charge is 2.16. The molecule has 20 heavy (non-hydrogen) atoms. The summed E-state index contributed by atoms with van der Waals surface area (Å²) in [6.45, 7) is 0. The molecule has 2 aromatic rings. The first-order valence-electron chi connectivity index (χ1n) is 5.86. The summed E-state index contributed by atoms with van der Waals surface area (Å²) in [5.41, 5.74) is 0.0753. The first-order valence-corrected chi connectivity index (χ1v) is 7.97. The third-order valence-corrected chi connectivity index (χ3v) is 4.75. The van der Waals surface area contributed by atoms with E-state index in [0.717, 1.165) is 5.82 Å². The summed E-state index contributed by atoms with van der Waals surface area (Å²) in [4.78, 5) is 15.7. The van der Waals surface area contributed by atoms with E-state index in [2.05, 4.69) is 20.9 Å². The molecule has 2 rings (SSSR count). The molecule has 1 aromatic carbocycles. The van der Waals surface area contributed by atoms with Gasteiger partial charge < -0.3 is 9.67 Å². The van der Waals surface area contributed by atoms with E-state index in [1.165, 1.54) is 6.07 Å².